The molecule has 3 nitrogen and oxygen atoms in total. The van der Waals surface area contributed by atoms with Crippen LogP contribution in [0.2, 0.25) is 0 Å². The molecular weight excluding hydrogens is 655 g/mol. The lowest BCUT2D eigenvalue weighted by Gasteiger charge is -2.09. The number of benzene rings is 8. The normalized spacial score (nSPS) is 12.2. The largest absolute Gasteiger partial charge is 0.456 e. The van der Waals surface area contributed by atoms with Crippen molar-refractivity contribution in [2.45, 2.75) is 0 Å². The highest BCUT2D eigenvalue weighted by Crippen LogP contribution is 2.45. The highest BCUT2D eigenvalue weighted by molar-refractivity contribution is 7.25. The van der Waals surface area contributed by atoms with Gasteiger partial charge in [0.1, 0.15) is 22.3 Å². The van der Waals surface area contributed by atoms with Crippen LogP contribution in [0.4, 0.5) is 0 Å². The van der Waals surface area contributed by atoms with Crippen LogP contribution in [0.15, 0.2) is 173 Å². The van der Waals surface area contributed by atoms with Gasteiger partial charge >= 0.3 is 0 Å². The molecule has 0 spiro atoms. The number of fused-ring (bicyclic) bond motifs is 12. The molecule has 12 aromatic rings. The molecule has 0 atom stereocenters. The lowest BCUT2D eigenvalue weighted by molar-refractivity contribution is 0.668. The van der Waals surface area contributed by atoms with Gasteiger partial charge in [0, 0.05) is 58.2 Å². The lowest BCUT2D eigenvalue weighted by atomic mass is 9.93. The van der Waals surface area contributed by atoms with Crippen LogP contribution in [-0.2, 0) is 0 Å². The van der Waals surface area contributed by atoms with Gasteiger partial charge in [0.15, 0.2) is 0 Å². The maximum Gasteiger partial charge on any atom is 0.135 e. The molecule has 52 heavy (non-hydrogen) atoms. The molecule has 0 aliphatic heterocycles. The molecule has 0 bridgehead atoms. The number of para-hydroxylation sites is 2. The third-order valence-corrected chi connectivity index (χ3v) is 12.0. The van der Waals surface area contributed by atoms with E-state index in [0.717, 1.165) is 60.7 Å². The molecule has 0 saturated carbocycles. The molecule has 4 aromatic heterocycles. The summed E-state index contributed by atoms with van der Waals surface area (Å²) in [7, 11) is 0. The topological polar surface area (TPSA) is 31.2 Å². The van der Waals surface area contributed by atoms with Gasteiger partial charge in [-0.25, -0.2) is 0 Å². The van der Waals surface area contributed by atoms with Crippen LogP contribution in [0.5, 0.6) is 0 Å². The van der Waals surface area contributed by atoms with Gasteiger partial charge in [0.2, 0.25) is 0 Å². The van der Waals surface area contributed by atoms with Gasteiger partial charge < -0.3 is 13.4 Å². The zero-order chi connectivity index (χ0) is 33.9. The second-order valence-corrected chi connectivity index (χ2v) is 14.7. The van der Waals surface area contributed by atoms with Crippen molar-refractivity contribution in [3.05, 3.63) is 164 Å². The average molecular weight is 682 g/mol. The van der Waals surface area contributed by atoms with E-state index >= 15 is 0 Å². The molecule has 0 amide bonds. The van der Waals surface area contributed by atoms with E-state index < -0.39 is 0 Å². The molecule has 242 valence electrons. The first-order valence-electron chi connectivity index (χ1n) is 17.6. The van der Waals surface area contributed by atoms with E-state index in [9.17, 15) is 0 Å². The van der Waals surface area contributed by atoms with Crippen molar-refractivity contribution < 1.29 is 8.83 Å². The predicted molar refractivity (Wildman–Crippen MR) is 219 cm³/mol. The summed E-state index contributed by atoms with van der Waals surface area (Å²) >= 11 is 1.85. The van der Waals surface area contributed by atoms with Crippen molar-refractivity contribution in [3.63, 3.8) is 0 Å². The average Bonchev–Trinajstić information content (AvgIpc) is 3.95. The second kappa shape index (κ2) is 10.5. The van der Waals surface area contributed by atoms with Crippen molar-refractivity contribution in [2.24, 2.45) is 0 Å². The zero-order valence-electron chi connectivity index (χ0n) is 27.8. The maximum atomic E-state index is 6.25. The summed E-state index contributed by atoms with van der Waals surface area (Å²) in [4.78, 5) is 0. The van der Waals surface area contributed by atoms with Crippen molar-refractivity contribution in [2.75, 3.05) is 0 Å². The Morgan fingerprint density at radius 1 is 0.365 bits per heavy atom. The van der Waals surface area contributed by atoms with E-state index in [0.29, 0.717) is 0 Å². The number of hydrogen-bond acceptors (Lipinski definition) is 3. The third kappa shape index (κ3) is 3.90. The number of hydrogen-bond donors (Lipinski definition) is 0. The molecular formula is C48H27NO2S. The first-order chi connectivity index (χ1) is 25.8. The van der Waals surface area contributed by atoms with Crippen LogP contribution in [0, 0.1) is 0 Å². The van der Waals surface area contributed by atoms with E-state index in [1.165, 1.54) is 53.1 Å². The Labute approximate surface area is 301 Å². The monoisotopic (exact) mass is 681 g/mol. The van der Waals surface area contributed by atoms with Crippen molar-refractivity contribution in [3.8, 4) is 27.9 Å². The molecule has 4 heteroatoms. The standard InChI is InChI=1S/C48H27NO2S/c1-4-16-41-33(9-1)36-25-28(19-22-43(36)50-41)31-12-7-14-39-47(31)48-32(29-20-23-44-37(26-29)34-10-2-5-17-42(34)51-44)13-8-15-40(48)49(39)30-21-24-46-38(27-30)35-11-3-6-18-45(35)52-46/h1-27H. The Kier molecular flexibility index (Phi) is 5.65. The van der Waals surface area contributed by atoms with Gasteiger partial charge in [-0.3, -0.25) is 0 Å². The summed E-state index contributed by atoms with van der Waals surface area (Å²) in [5, 5.41) is 9.56. The van der Waals surface area contributed by atoms with Crippen molar-refractivity contribution in [1.82, 2.24) is 4.57 Å². The van der Waals surface area contributed by atoms with Gasteiger partial charge in [0.25, 0.3) is 0 Å². The molecule has 0 unspecified atom stereocenters. The minimum absolute atomic E-state index is 0.900. The van der Waals surface area contributed by atoms with Gasteiger partial charge in [-0.2, -0.15) is 0 Å². The van der Waals surface area contributed by atoms with Crippen LogP contribution in [0.25, 0.3) is 114 Å². The minimum atomic E-state index is 0.900. The Bertz CT molecular complexity index is 3260. The van der Waals surface area contributed by atoms with Crippen molar-refractivity contribution in [1.29, 1.82) is 0 Å². The summed E-state index contributed by atoms with van der Waals surface area (Å²) < 4.78 is 17.6. The first-order valence-corrected chi connectivity index (χ1v) is 18.4. The molecule has 0 N–H and O–H groups in total. The molecule has 0 fully saturated rings. The number of rotatable bonds is 3. The molecule has 8 aromatic carbocycles. The van der Waals surface area contributed by atoms with Gasteiger partial charge in [-0.15, -0.1) is 11.3 Å². The molecule has 0 saturated heterocycles. The SMILES string of the molecule is c1ccc2c(c1)oc1ccc(-c3cccc4c3c3c(-c5ccc6oc7ccccc7c6c5)cccc3n4-c3ccc4sc5ccccc5c4c3)cc12. The van der Waals surface area contributed by atoms with E-state index in [4.69, 9.17) is 8.83 Å². The fourth-order valence-corrected chi connectivity index (χ4v) is 9.59. The summed E-state index contributed by atoms with van der Waals surface area (Å²) in [6.45, 7) is 0. The number of furan rings is 2. The molecule has 4 heterocycles. The number of nitrogens with zero attached hydrogens (tertiary/aromatic N) is 1. The van der Waals surface area contributed by atoms with Gasteiger partial charge in [-0.05, 0) is 95.1 Å². The summed E-state index contributed by atoms with van der Waals surface area (Å²) in [6.07, 6.45) is 0. The van der Waals surface area contributed by atoms with Crippen LogP contribution >= 0.6 is 11.3 Å². The Morgan fingerprint density at radius 3 is 1.50 bits per heavy atom. The Morgan fingerprint density at radius 2 is 0.885 bits per heavy atom. The van der Waals surface area contributed by atoms with Crippen LogP contribution in [0.1, 0.15) is 0 Å². The second-order valence-electron chi connectivity index (χ2n) is 13.6. The Balaban J connectivity index is 1.19. The predicted octanol–water partition coefficient (Wildman–Crippen LogP) is 14.3. The molecule has 0 aliphatic rings. The number of aromatic nitrogens is 1. The van der Waals surface area contributed by atoms with Crippen LogP contribution < -0.4 is 0 Å². The quantitative estimate of drug-likeness (QED) is 0.186. The summed E-state index contributed by atoms with van der Waals surface area (Å²) in [5.41, 5.74) is 11.8. The smallest absolute Gasteiger partial charge is 0.135 e. The lowest BCUT2D eigenvalue weighted by Crippen LogP contribution is -1.93. The van der Waals surface area contributed by atoms with E-state index in [2.05, 4.69) is 144 Å². The zero-order valence-corrected chi connectivity index (χ0v) is 28.6. The summed E-state index contributed by atoms with van der Waals surface area (Å²) in [6, 6.07) is 59.0. The highest BCUT2D eigenvalue weighted by atomic mass is 32.1. The Hall–Kier alpha value is -6.62. The van der Waals surface area contributed by atoms with Crippen LogP contribution in [-0.4, -0.2) is 4.57 Å². The minimum Gasteiger partial charge on any atom is -0.456 e. The number of thiophene rings is 1. The van der Waals surface area contributed by atoms with Crippen LogP contribution in [0.3, 0.4) is 0 Å². The van der Waals surface area contributed by atoms with E-state index in [-0.39, 0.29) is 0 Å². The molecule has 0 aliphatic carbocycles. The van der Waals surface area contributed by atoms with E-state index in [1.54, 1.807) is 0 Å². The van der Waals surface area contributed by atoms with Crippen molar-refractivity contribution >= 4 is 97.2 Å². The first kappa shape index (κ1) is 28.1. The molecule has 12 rings (SSSR count). The van der Waals surface area contributed by atoms with Gasteiger partial charge in [0.05, 0.1) is 11.0 Å². The maximum absolute atomic E-state index is 6.25. The molecule has 0 radical (unpaired) electrons. The summed E-state index contributed by atoms with van der Waals surface area (Å²) in [5.74, 6) is 0. The fourth-order valence-electron chi connectivity index (χ4n) is 8.51. The van der Waals surface area contributed by atoms with E-state index in [1.807, 2.05) is 35.6 Å². The third-order valence-electron chi connectivity index (χ3n) is 10.8. The highest BCUT2D eigenvalue weighted by Gasteiger charge is 2.21. The fraction of sp³-hybridized carbons (Fsp3) is 0. The van der Waals surface area contributed by atoms with Gasteiger partial charge in [-0.1, -0.05) is 91.0 Å².